The second-order valence-electron chi connectivity index (χ2n) is 5.43. The van der Waals surface area contributed by atoms with Gasteiger partial charge in [-0.05, 0) is 29.8 Å². The highest BCUT2D eigenvalue weighted by molar-refractivity contribution is 6.29. The fourth-order valence-electron chi connectivity index (χ4n) is 2.40. The van der Waals surface area contributed by atoms with Crippen molar-refractivity contribution >= 4 is 11.6 Å². The Hall–Kier alpha value is -2.67. The molecule has 0 aliphatic carbocycles. The first-order valence-electron chi connectivity index (χ1n) is 7.56. The van der Waals surface area contributed by atoms with E-state index >= 15 is 0 Å². The van der Waals surface area contributed by atoms with Crippen LogP contribution in [0, 0.1) is 0 Å². The molecule has 0 fully saturated rings. The van der Waals surface area contributed by atoms with E-state index in [4.69, 9.17) is 16.3 Å². The molecule has 0 saturated carbocycles. The number of ether oxygens (including phenoxy) is 2. The zero-order valence-corrected chi connectivity index (χ0v) is 14.4. The Kier molecular flexibility index (Phi) is 5.08. The van der Waals surface area contributed by atoms with E-state index in [1.807, 2.05) is 24.3 Å². The van der Waals surface area contributed by atoms with E-state index in [1.54, 1.807) is 23.9 Å². The molecule has 0 aliphatic heterocycles. The number of benzene rings is 2. The number of nitrogens with zero attached hydrogens (tertiary/aromatic N) is 2. The van der Waals surface area contributed by atoms with E-state index in [0.29, 0.717) is 23.0 Å². The van der Waals surface area contributed by atoms with Crippen LogP contribution < -0.4 is 9.47 Å². The van der Waals surface area contributed by atoms with Gasteiger partial charge in [0, 0.05) is 11.6 Å². The second kappa shape index (κ2) is 7.29. The lowest BCUT2D eigenvalue weighted by atomic mass is 10.1. The number of alkyl halides is 3. The molecular weight excluding hydrogens is 369 g/mol. The summed E-state index contributed by atoms with van der Waals surface area (Å²) in [4.78, 5) is 0. The zero-order valence-electron chi connectivity index (χ0n) is 13.6. The van der Waals surface area contributed by atoms with Gasteiger partial charge in [-0.3, -0.25) is 0 Å². The predicted molar refractivity (Wildman–Crippen MR) is 91.5 cm³/mol. The van der Waals surface area contributed by atoms with Crippen molar-refractivity contribution in [2.45, 2.75) is 12.9 Å². The molecule has 3 aromatic rings. The molecule has 1 heterocycles. The van der Waals surface area contributed by atoms with Crippen LogP contribution in [0.1, 0.15) is 5.56 Å². The third-order valence-corrected chi connectivity index (χ3v) is 3.89. The molecule has 2 aromatic carbocycles. The fraction of sp³-hybridized carbons (Fsp3) is 0.167. The highest BCUT2D eigenvalue weighted by Crippen LogP contribution is 2.29. The van der Waals surface area contributed by atoms with E-state index in [2.05, 4.69) is 9.84 Å². The first-order chi connectivity index (χ1) is 12.3. The Labute approximate surface area is 152 Å². The van der Waals surface area contributed by atoms with Crippen LogP contribution in [-0.2, 0) is 6.54 Å². The summed E-state index contributed by atoms with van der Waals surface area (Å²) in [5.74, 6) is 0.429. The maximum Gasteiger partial charge on any atom is 0.573 e. The van der Waals surface area contributed by atoms with E-state index in [1.165, 1.54) is 18.2 Å². The van der Waals surface area contributed by atoms with Crippen LogP contribution in [0.4, 0.5) is 13.2 Å². The summed E-state index contributed by atoms with van der Waals surface area (Å²) < 4.78 is 47.7. The van der Waals surface area contributed by atoms with Crippen molar-refractivity contribution in [2.24, 2.45) is 0 Å². The number of hydrogen-bond acceptors (Lipinski definition) is 3. The van der Waals surface area contributed by atoms with Gasteiger partial charge in [-0.2, -0.15) is 5.10 Å². The van der Waals surface area contributed by atoms with Crippen molar-refractivity contribution in [3.63, 3.8) is 0 Å². The second-order valence-corrected chi connectivity index (χ2v) is 5.82. The van der Waals surface area contributed by atoms with Crippen molar-refractivity contribution in [2.75, 3.05) is 7.11 Å². The molecule has 136 valence electrons. The molecule has 0 N–H and O–H groups in total. The van der Waals surface area contributed by atoms with Gasteiger partial charge in [0.15, 0.2) is 0 Å². The molecule has 0 spiro atoms. The summed E-state index contributed by atoms with van der Waals surface area (Å²) in [6, 6.07) is 14.6. The Morgan fingerprint density at radius 2 is 1.77 bits per heavy atom. The summed E-state index contributed by atoms with van der Waals surface area (Å²) in [6.45, 7) is 0.418. The third kappa shape index (κ3) is 4.49. The minimum Gasteiger partial charge on any atom is -0.497 e. The third-order valence-electron chi connectivity index (χ3n) is 3.59. The number of aromatic nitrogens is 2. The summed E-state index contributed by atoms with van der Waals surface area (Å²) in [7, 11) is 1.59. The Morgan fingerprint density at radius 3 is 2.42 bits per heavy atom. The van der Waals surface area contributed by atoms with Gasteiger partial charge in [-0.25, -0.2) is 4.68 Å². The molecule has 0 saturated heterocycles. The number of hydrogen-bond donors (Lipinski definition) is 0. The van der Waals surface area contributed by atoms with Crippen molar-refractivity contribution in [1.82, 2.24) is 9.78 Å². The highest BCUT2D eigenvalue weighted by atomic mass is 35.5. The van der Waals surface area contributed by atoms with Crippen molar-refractivity contribution in [3.8, 4) is 22.8 Å². The number of methoxy groups -OCH3 is 1. The molecule has 4 nitrogen and oxygen atoms in total. The van der Waals surface area contributed by atoms with E-state index < -0.39 is 6.36 Å². The molecule has 26 heavy (non-hydrogen) atoms. The molecule has 8 heteroatoms. The van der Waals surface area contributed by atoms with Crippen LogP contribution in [0.15, 0.2) is 54.6 Å². The van der Waals surface area contributed by atoms with Crippen molar-refractivity contribution < 1.29 is 22.6 Å². The minimum absolute atomic E-state index is 0.309. The first kappa shape index (κ1) is 18.1. The molecule has 3 rings (SSSR count). The van der Waals surface area contributed by atoms with Gasteiger partial charge in [0.1, 0.15) is 16.7 Å². The maximum atomic E-state index is 12.4. The van der Waals surface area contributed by atoms with Crippen LogP contribution in [0.2, 0.25) is 5.15 Å². The van der Waals surface area contributed by atoms with E-state index in [-0.39, 0.29) is 5.75 Å². The minimum atomic E-state index is -4.75. The predicted octanol–water partition coefficient (Wildman–Crippen LogP) is 5.16. The Bertz CT molecular complexity index is 892. The van der Waals surface area contributed by atoms with E-state index in [9.17, 15) is 13.2 Å². The summed E-state index contributed by atoms with van der Waals surface area (Å²) >= 11 is 6.21. The van der Waals surface area contributed by atoms with Gasteiger partial charge in [0.05, 0.1) is 19.3 Å². The average Bonchev–Trinajstić information content (AvgIpc) is 2.95. The molecule has 0 aliphatic rings. The zero-order chi connectivity index (χ0) is 18.7. The molecule has 0 atom stereocenters. The normalized spacial score (nSPS) is 11.4. The molecular formula is C18H14ClF3N2O2. The lowest BCUT2D eigenvalue weighted by molar-refractivity contribution is -0.274. The van der Waals surface area contributed by atoms with Crippen LogP contribution >= 0.6 is 11.6 Å². The quantitative estimate of drug-likeness (QED) is 0.611. The Morgan fingerprint density at radius 1 is 1.04 bits per heavy atom. The van der Waals surface area contributed by atoms with Crippen LogP contribution in [0.25, 0.3) is 11.3 Å². The highest BCUT2D eigenvalue weighted by Gasteiger charge is 2.31. The Balaban J connectivity index is 1.82. The summed E-state index contributed by atoms with van der Waals surface area (Å²) in [5.41, 5.74) is 1.88. The summed E-state index contributed by atoms with van der Waals surface area (Å²) in [5, 5.41) is 4.75. The molecule has 0 radical (unpaired) electrons. The lowest BCUT2D eigenvalue weighted by Crippen LogP contribution is -2.17. The largest absolute Gasteiger partial charge is 0.573 e. The van der Waals surface area contributed by atoms with Crippen molar-refractivity contribution in [3.05, 3.63) is 65.3 Å². The van der Waals surface area contributed by atoms with Crippen LogP contribution in [0.5, 0.6) is 11.5 Å². The van der Waals surface area contributed by atoms with Gasteiger partial charge in [0.2, 0.25) is 0 Å². The van der Waals surface area contributed by atoms with E-state index in [0.717, 1.165) is 11.3 Å². The molecule has 0 unspecified atom stereocenters. The van der Waals surface area contributed by atoms with Gasteiger partial charge in [-0.1, -0.05) is 35.9 Å². The standard InChI is InChI=1S/C18H14ClF3N2O2/c1-25-14-7-5-12(6-8-14)11-24-17(19)10-16(23-24)13-3-2-4-15(9-13)26-18(20,21)22/h2-10H,11H2,1H3. The monoisotopic (exact) mass is 382 g/mol. The fourth-order valence-corrected chi connectivity index (χ4v) is 2.60. The topological polar surface area (TPSA) is 36.3 Å². The summed E-state index contributed by atoms with van der Waals surface area (Å²) in [6.07, 6.45) is -4.75. The van der Waals surface area contributed by atoms with Gasteiger partial charge < -0.3 is 9.47 Å². The average molecular weight is 383 g/mol. The lowest BCUT2D eigenvalue weighted by Gasteiger charge is -2.09. The van der Waals surface area contributed by atoms with Gasteiger partial charge in [0.25, 0.3) is 0 Å². The van der Waals surface area contributed by atoms with Crippen LogP contribution in [-0.4, -0.2) is 23.3 Å². The maximum absolute atomic E-state index is 12.4. The molecule has 1 aromatic heterocycles. The SMILES string of the molecule is COc1ccc(Cn2nc(-c3cccc(OC(F)(F)F)c3)cc2Cl)cc1. The molecule has 0 bridgehead atoms. The number of rotatable bonds is 5. The first-order valence-corrected chi connectivity index (χ1v) is 7.94. The molecule has 0 amide bonds. The van der Waals surface area contributed by atoms with Gasteiger partial charge in [-0.15, -0.1) is 13.2 Å². The van der Waals surface area contributed by atoms with Crippen LogP contribution in [0.3, 0.4) is 0 Å². The number of halogens is 4. The van der Waals surface area contributed by atoms with Crippen molar-refractivity contribution in [1.29, 1.82) is 0 Å². The van der Waals surface area contributed by atoms with Gasteiger partial charge >= 0.3 is 6.36 Å². The smallest absolute Gasteiger partial charge is 0.497 e.